The topological polar surface area (TPSA) is 70.7 Å². The fourth-order valence-electron chi connectivity index (χ4n) is 2.02. The lowest BCUT2D eigenvalue weighted by atomic mass is 9.69. The monoisotopic (exact) mass is 257 g/mol. The predicted octanol–water partition coefficient (Wildman–Crippen LogP) is 0.191. The molecular formula is C12H23N3O3. The Morgan fingerprint density at radius 3 is 2.39 bits per heavy atom. The molecule has 1 aliphatic rings. The predicted molar refractivity (Wildman–Crippen MR) is 68.3 cm³/mol. The molecule has 18 heavy (non-hydrogen) atoms. The van der Waals surface area contributed by atoms with Crippen LogP contribution >= 0.6 is 0 Å². The van der Waals surface area contributed by atoms with Crippen molar-refractivity contribution in [2.24, 2.45) is 5.41 Å². The van der Waals surface area contributed by atoms with Gasteiger partial charge in [-0.05, 0) is 12.8 Å². The molecule has 6 nitrogen and oxygen atoms in total. The Morgan fingerprint density at radius 1 is 1.28 bits per heavy atom. The number of rotatable bonds is 6. The number of nitrogens with one attached hydrogen (secondary N) is 2. The average Bonchev–Trinajstić information content (AvgIpc) is 2.29. The first kappa shape index (κ1) is 14.8. The van der Waals surface area contributed by atoms with Crippen molar-refractivity contribution < 1.29 is 14.3 Å². The number of urea groups is 1. The summed E-state index contributed by atoms with van der Waals surface area (Å²) in [6.45, 7) is 1.31. The van der Waals surface area contributed by atoms with Gasteiger partial charge >= 0.3 is 6.03 Å². The highest BCUT2D eigenvalue weighted by Gasteiger charge is 2.37. The Morgan fingerprint density at radius 2 is 1.94 bits per heavy atom. The number of ether oxygens (including phenoxy) is 1. The van der Waals surface area contributed by atoms with E-state index in [0.29, 0.717) is 13.2 Å². The second kappa shape index (κ2) is 6.58. The summed E-state index contributed by atoms with van der Waals surface area (Å²) in [5.41, 5.74) is 0.107. The molecule has 1 saturated carbocycles. The number of hydrogen-bond acceptors (Lipinski definition) is 3. The van der Waals surface area contributed by atoms with E-state index in [9.17, 15) is 9.59 Å². The van der Waals surface area contributed by atoms with E-state index in [-0.39, 0.29) is 23.9 Å². The Hall–Kier alpha value is -1.30. The molecular weight excluding hydrogens is 234 g/mol. The van der Waals surface area contributed by atoms with Crippen LogP contribution in [0.15, 0.2) is 0 Å². The normalized spacial score (nSPS) is 16.6. The average molecular weight is 257 g/mol. The third kappa shape index (κ3) is 4.18. The Kier molecular flexibility index (Phi) is 5.40. The molecule has 6 heteroatoms. The highest BCUT2D eigenvalue weighted by molar-refractivity contribution is 5.83. The quantitative estimate of drug-likeness (QED) is 0.713. The van der Waals surface area contributed by atoms with Crippen LogP contribution in [0.5, 0.6) is 0 Å². The van der Waals surface area contributed by atoms with Crippen LogP contribution in [0.4, 0.5) is 4.79 Å². The van der Waals surface area contributed by atoms with Gasteiger partial charge in [0.1, 0.15) is 0 Å². The first-order valence-corrected chi connectivity index (χ1v) is 6.20. The van der Waals surface area contributed by atoms with Crippen molar-refractivity contribution in [1.82, 2.24) is 15.5 Å². The Balaban J connectivity index is 2.22. The fraction of sp³-hybridized carbons (Fsp3) is 0.833. The van der Waals surface area contributed by atoms with Crippen molar-refractivity contribution in [3.63, 3.8) is 0 Å². The number of carbonyl (C=O) groups excluding carboxylic acids is 2. The van der Waals surface area contributed by atoms with E-state index < -0.39 is 0 Å². The van der Waals surface area contributed by atoms with Gasteiger partial charge in [-0.1, -0.05) is 6.42 Å². The molecule has 1 aliphatic carbocycles. The minimum atomic E-state index is -0.264. The summed E-state index contributed by atoms with van der Waals surface area (Å²) in [5.74, 6) is -0.160. The van der Waals surface area contributed by atoms with Gasteiger partial charge in [-0.25, -0.2) is 4.79 Å². The van der Waals surface area contributed by atoms with Gasteiger partial charge in [0.15, 0.2) is 0 Å². The molecule has 0 spiro atoms. The molecule has 0 aromatic rings. The lowest BCUT2D eigenvalue weighted by Gasteiger charge is -2.41. The lowest BCUT2D eigenvalue weighted by Crippen LogP contribution is -2.48. The van der Waals surface area contributed by atoms with Gasteiger partial charge in [0.05, 0.1) is 13.2 Å². The van der Waals surface area contributed by atoms with Crippen molar-refractivity contribution in [2.45, 2.75) is 19.3 Å². The van der Waals surface area contributed by atoms with E-state index in [2.05, 4.69) is 10.6 Å². The number of hydrogen-bond donors (Lipinski definition) is 2. The van der Waals surface area contributed by atoms with Crippen molar-refractivity contribution in [1.29, 1.82) is 0 Å². The highest BCUT2D eigenvalue weighted by Crippen LogP contribution is 2.40. The van der Waals surface area contributed by atoms with Crippen molar-refractivity contribution in [2.75, 3.05) is 40.9 Å². The standard InChI is InChI=1S/C12H23N3O3/c1-15(2)11(17)13-7-10(16)14-8-12(9-18-3)5-4-6-12/h4-9H2,1-3H3,(H,13,17)(H,14,16). The molecule has 0 radical (unpaired) electrons. The lowest BCUT2D eigenvalue weighted by molar-refractivity contribution is -0.121. The summed E-state index contributed by atoms with van der Waals surface area (Å²) >= 11 is 0. The second-order valence-corrected chi connectivity index (χ2v) is 5.12. The van der Waals surface area contributed by atoms with E-state index in [1.54, 1.807) is 21.2 Å². The van der Waals surface area contributed by atoms with Crippen LogP contribution in [0.25, 0.3) is 0 Å². The Bertz CT molecular complexity index is 301. The number of methoxy groups -OCH3 is 1. The van der Waals surface area contributed by atoms with E-state index >= 15 is 0 Å². The van der Waals surface area contributed by atoms with E-state index in [4.69, 9.17) is 4.74 Å². The number of carbonyl (C=O) groups is 2. The summed E-state index contributed by atoms with van der Waals surface area (Å²) in [7, 11) is 4.95. The van der Waals surface area contributed by atoms with Crippen LogP contribution in [0.2, 0.25) is 0 Å². The first-order valence-electron chi connectivity index (χ1n) is 6.20. The molecule has 0 heterocycles. The maximum atomic E-state index is 11.6. The van der Waals surface area contributed by atoms with E-state index in [0.717, 1.165) is 12.8 Å². The minimum absolute atomic E-state index is 0.0140. The molecule has 1 fully saturated rings. The highest BCUT2D eigenvalue weighted by atomic mass is 16.5. The van der Waals surface area contributed by atoms with Crippen LogP contribution < -0.4 is 10.6 Å². The summed E-state index contributed by atoms with van der Waals surface area (Å²) in [6.07, 6.45) is 3.37. The molecule has 0 unspecified atom stereocenters. The maximum Gasteiger partial charge on any atom is 0.317 e. The zero-order valence-electron chi connectivity index (χ0n) is 11.4. The van der Waals surface area contributed by atoms with Crippen LogP contribution in [0.1, 0.15) is 19.3 Å². The van der Waals surface area contributed by atoms with Gasteiger partial charge in [-0.3, -0.25) is 4.79 Å². The van der Waals surface area contributed by atoms with Crippen LogP contribution in [-0.2, 0) is 9.53 Å². The van der Waals surface area contributed by atoms with Crippen LogP contribution in [0, 0.1) is 5.41 Å². The van der Waals surface area contributed by atoms with Gasteiger partial charge in [-0.2, -0.15) is 0 Å². The zero-order valence-corrected chi connectivity index (χ0v) is 11.4. The molecule has 0 aliphatic heterocycles. The maximum absolute atomic E-state index is 11.6. The minimum Gasteiger partial charge on any atom is -0.384 e. The fourth-order valence-corrected chi connectivity index (χ4v) is 2.02. The molecule has 0 aromatic carbocycles. The van der Waals surface area contributed by atoms with E-state index in [1.807, 2.05) is 0 Å². The Labute approximate surface area is 108 Å². The third-order valence-electron chi connectivity index (χ3n) is 3.33. The molecule has 104 valence electrons. The van der Waals surface area contributed by atoms with E-state index in [1.165, 1.54) is 11.3 Å². The smallest absolute Gasteiger partial charge is 0.317 e. The SMILES string of the molecule is COCC1(CNC(=O)CNC(=O)N(C)C)CCC1. The molecule has 0 saturated heterocycles. The van der Waals surface area contributed by atoms with Crippen molar-refractivity contribution in [3.05, 3.63) is 0 Å². The summed E-state index contributed by atoms with van der Waals surface area (Å²) in [5, 5.41) is 5.38. The van der Waals surface area contributed by atoms with Crippen LogP contribution in [-0.4, -0.2) is 57.7 Å². The summed E-state index contributed by atoms with van der Waals surface area (Å²) in [4.78, 5) is 24.2. The zero-order chi connectivity index (χ0) is 13.6. The van der Waals surface area contributed by atoms with Crippen molar-refractivity contribution >= 4 is 11.9 Å². The molecule has 0 bridgehead atoms. The van der Waals surface area contributed by atoms with Gasteiger partial charge in [-0.15, -0.1) is 0 Å². The summed E-state index contributed by atoms with van der Waals surface area (Å²) in [6, 6.07) is -0.264. The first-order chi connectivity index (χ1) is 8.49. The molecule has 0 atom stereocenters. The van der Waals surface area contributed by atoms with Gasteiger partial charge in [0, 0.05) is 33.2 Å². The number of nitrogens with zero attached hydrogens (tertiary/aromatic N) is 1. The molecule has 3 amide bonds. The third-order valence-corrected chi connectivity index (χ3v) is 3.33. The largest absolute Gasteiger partial charge is 0.384 e. The molecule has 0 aromatic heterocycles. The van der Waals surface area contributed by atoms with Gasteiger partial charge in [0.25, 0.3) is 0 Å². The summed E-state index contributed by atoms with van der Waals surface area (Å²) < 4.78 is 5.18. The van der Waals surface area contributed by atoms with Crippen LogP contribution in [0.3, 0.4) is 0 Å². The molecule has 1 rings (SSSR count). The second-order valence-electron chi connectivity index (χ2n) is 5.12. The van der Waals surface area contributed by atoms with Crippen molar-refractivity contribution in [3.8, 4) is 0 Å². The van der Waals surface area contributed by atoms with Gasteiger partial charge < -0.3 is 20.3 Å². The number of amides is 3. The van der Waals surface area contributed by atoms with Gasteiger partial charge in [0.2, 0.25) is 5.91 Å². The molecule has 2 N–H and O–H groups in total.